The Hall–Kier alpha value is -1.46. The van der Waals surface area contributed by atoms with Crippen molar-refractivity contribution in [3.63, 3.8) is 0 Å². The SMILES string of the molecule is c1nc2ccc(C3=N[C@@]4(CC5CCC4CC5)NN3)cc2s1. The number of hydrogen-bond acceptors (Lipinski definition) is 5. The Balaban J connectivity index is 1.53. The van der Waals surface area contributed by atoms with Gasteiger partial charge in [0.25, 0.3) is 0 Å². The van der Waals surface area contributed by atoms with Crippen molar-refractivity contribution in [1.29, 1.82) is 0 Å². The van der Waals surface area contributed by atoms with Gasteiger partial charge in [0.15, 0.2) is 0 Å². The van der Waals surface area contributed by atoms with Gasteiger partial charge in [0.2, 0.25) is 0 Å². The van der Waals surface area contributed by atoms with E-state index in [0.717, 1.165) is 22.8 Å². The highest BCUT2D eigenvalue weighted by molar-refractivity contribution is 7.16. The Morgan fingerprint density at radius 3 is 2.90 bits per heavy atom. The standard InChI is InChI=1S/C16H18N4S/c1-4-12-5-2-10(1)8-16(12)18-15(19-20-16)11-3-6-13-14(7-11)21-9-17-13/h3,6-7,9-10,12,20H,1-2,4-5,8H2,(H,18,19)/t10?,12?,16-/m0/s1. The first kappa shape index (κ1) is 12.1. The highest BCUT2D eigenvalue weighted by atomic mass is 32.1. The molecule has 21 heavy (non-hydrogen) atoms. The number of fused-ring (bicyclic) bond motifs is 3. The average molecular weight is 298 g/mol. The monoisotopic (exact) mass is 298 g/mol. The van der Waals surface area contributed by atoms with Crippen LogP contribution in [-0.4, -0.2) is 16.5 Å². The molecule has 1 aromatic carbocycles. The summed E-state index contributed by atoms with van der Waals surface area (Å²) in [6.45, 7) is 0. The van der Waals surface area contributed by atoms with Crippen molar-refractivity contribution >= 4 is 27.4 Å². The molecule has 0 unspecified atom stereocenters. The third-order valence-electron chi connectivity index (χ3n) is 5.44. The van der Waals surface area contributed by atoms with E-state index in [2.05, 4.69) is 34.0 Å². The number of benzene rings is 1. The number of aromatic nitrogens is 1. The molecule has 2 bridgehead atoms. The zero-order chi connectivity index (χ0) is 13.9. The molecule has 108 valence electrons. The van der Waals surface area contributed by atoms with E-state index >= 15 is 0 Å². The van der Waals surface area contributed by atoms with E-state index in [0.29, 0.717) is 5.92 Å². The second kappa shape index (κ2) is 4.27. The second-order valence-corrected chi connectivity index (χ2v) is 7.48. The smallest absolute Gasteiger partial charge is 0.144 e. The van der Waals surface area contributed by atoms with Gasteiger partial charge < -0.3 is 5.43 Å². The van der Waals surface area contributed by atoms with Crippen molar-refractivity contribution in [2.24, 2.45) is 16.8 Å². The summed E-state index contributed by atoms with van der Waals surface area (Å²) in [4.78, 5) is 9.45. The molecular formula is C16H18N4S. The minimum Gasteiger partial charge on any atom is -0.303 e. The largest absolute Gasteiger partial charge is 0.303 e. The Kier molecular flexibility index (Phi) is 2.47. The zero-order valence-corrected chi connectivity index (χ0v) is 12.6. The second-order valence-electron chi connectivity index (χ2n) is 6.59. The van der Waals surface area contributed by atoms with Gasteiger partial charge in [-0.05, 0) is 62.1 Å². The van der Waals surface area contributed by atoms with Crippen LogP contribution in [0.25, 0.3) is 10.2 Å². The maximum Gasteiger partial charge on any atom is 0.144 e. The molecule has 0 saturated heterocycles. The highest BCUT2D eigenvalue weighted by Gasteiger charge is 2.49. The van der Waals surface area contributed by atoms with Gasteiger partial charge >= 0.3 is 0 Å². The van der Waals surface area contributed by atoms with Crippen LogP contribution < -0.4 is 10.9 Å². The van der Waals surface area contributed by atoms with Crippen LogP contribution in [0.2, 0.25) is 0 Å². The number of nitrogens with one attached hydrogen (secondary N) is 2. The molecule has 1 atom stereocenters. The van der Waals surface area contributed by atoms with Crippen molar-refractivity contribution in [3.05, 3.63) is 29.3 Å². The molecule has 3 aliphatic carbocycles. The van der Waals surface area contributed by atoms with Gasteiger partial charge in [-0.1, -0.05) is 0 Å². The third-order valence-corrected chi connectivity index (χ3v) is 6.23. The molecule has 6 rings (SSSR count). The maximum atomic E-state index is 5.10. The van der Waals surface area contributed by atoms with Gasteiger partial charge in [0.1, 0.15) is 11.5 Å². The van der Waals surface area contributed by atoms with Crippen molar-refractivity contribution in [3.8, 4) is 0 Å². The molecule has 2 N–H and O–H groups in total. The van der Waals surface area contributed by atoms with Crippen molar-refractivity contribution < 1.29 is 0 Å². The van der Waals surface area contributed by atoms with E-state index in [4.69, 9.17) is 4.99 Å². The molecule has 4 aliphatic rings. The van der Waals surface area contributed by atoms with Crippen LogP contribution >= 0.6 is 11.3 Å². The average Bonchev–Trinajstić information content (AvgIpc) is 3.15. The van der Waals surface area contributed by atoms with E-state index in [1.807, 2.05) is 5.51 Å². The zero-order valence-electron chi connectivity index (χ0n) is 11.8. The number of hydrogen-bond donors (Lipinski definition) is 2. The highest BCUT2D eigenvalue weighted by Crippen LogP contribution is 2.48. The van der Waals surface area contributed by atoms with Gasteiger partial charge in [-0.15, -0.1) is 11.3 Å². The number of rotatable bonds is 1. The van der Waals surface area contributed by atoms with Crippen molar-refractivity contribution in [2.45, 2.75) is 37.8 Å². The summed E-state index contributed by atoms with van der Waals surface area (Å²) >= 11 is 1.69. The number of thiazole rings is 1. The summed E-state index contributed by atoms with van der Waals surface area (Å²) in [5, 5.41) is 0. The molecule has 3 saturated carbocycles. The molecule has 1 spiro atoms. The maximum absolute atomic E-state index is 5.10. The Bertz CT molecular complexity index is 729. The Morgan fingerprint density at radius 1 is 1.19 bits per heavy atom. The van der Waals surface area contributed by atoms with Gasteiger partial charge in [0, 0.05) is 5.56 Å². The first-order valence-corrected chi connectivity index (χ1v) is 8.67. The molecule has 0 radical (unpaired) electrons. The summed E-state index contributed by atoms with van der Waals surface area (Å²) in [5.74, 6) is 2.55. The van der Waals surface area contributed by atoms with Gasteiger partial charge in [0.05, 0.1) is 15.7 Å². The van der Waals surface area contributed by atoms with E-state index < -0.39 is 0 Å². The van der Waals surface area contributed by atoms with E-state index in [1.165, 1.54) is 36.8 Å². The summed E-state index contributed by atoms with van der Waals surface area (Å²) in [6, 6.07) is 6.40. The minimum atomic E-state index is -0.0425. The van der Waals surface area contributed by atoms with Gasteiger partial charge in [-0.25, -0.2) is 15.4 Å². The number of aliphatic imine (C=N–C) groups is 1. The van der Waals surface area contributed by atoms with Crippen LogP contribution in [0.4, 0.5) is 0 Å². The topological polar surface area (TPSA) is 49.3 Å². The molecule has 1 aromatic heterocycles. The molecule has 4 nitrogen and oxygen atoms in total. The molecule has 3 fully saturated rings. The fourth-order valence-electron chi connectivity index (χ4n) is 4.30. The van der Waals surface area contributed by atoms with Crippen LogP contribution in [0.3, 0.4) is 0 Å². The van der Waals surface area contributed by atoms with Crippen LogP contribution in [0.1, 0.15) is 37.7 Å². The van der Waals surface area contributed by atoms with E-state index in [9.17, 15) is 0 Å². The summed E-state index contributed by atoms with van der Waals surface area (Å²) in [7, 11) is 0. The summed E-state index contributed by atoms with van der Waals surface area (Å²) in [5.41, 5.74) is 11.0. The molecular weight excluding hydrogens is 280 g/mol. The molecule has 2 aromatic rings. The molecule has 5 heteroatoms. The van der Waals surface area contributed by atoms with Gasteiger partial charge in [-0.3, -0.25) is 0 Å². The lowest BCUT2D eigenvalue weighted by atomic mass is 9.65. The number of amidine groups is 1. The quantitative estimate of drug-likeness (QED) is 0.850. The first-order valence-electron chi connectivity index (χ1n) is 7.79. The predicted molar refractivity (Wildman–Crippen MR) is 85.2 cm³/mol. The van der Waals surface area contributed by atoms with Crippen molar-refractivity contribution in [2.75, 3.05) is 0 Å². The van der Waals surface area contributed by atoms with E-state index in [-0.39, 0.29) is 5.66 Å². The fraction of sp³-hybridized carbons (Fsp3) is 0.500. The molecule has 2 heterocycles. The number of hydrazine groups is 1. The van der Waals surface area contributed by atoms with Crippen LogP contribution in [0.15, 0.2) is 28.7 Å². The first-order chi connectivity index (χ1) is 10.3. The fourth-order valence-corrected chi connectivity index (χ4v) is 5.02. The lowest BCUT2D eigenvalue weighted by Crippen LogP contribution is -2.56. The Morgan fingerprint density at radius 2 is 2.10 bits per heavy atom. The van der Waals surface area contributed by atoms with Crippen LogP contribution in [-0.2, 0) is 0 Å². The lowest BCUT2D eigenvalue weighted by molar-refractivity contribution is 0.0506. The predicted octanol–water partition coefficient (Wildman–Crippen LogP) is 3.06. The third kappa shape index (κ3) is 1.77. The minimum absolute atomic E-state index is 0.0425. The van der Waals surface area contributed by atoms with Gasteiger partial charge in [-0.2, -0.15) is 0 Å². The van der Waals surface area contributed by atoms with E-state index in [1.54, 1.807) is 11.3 Å². The lowest BCUT2D eigenvalue weighted by Gasteiger charge is -2.47. The van der Waals surface area contributed by atoms with Crippen LogP contribution in [0, 0.1) is 11.8 Å². The Labute approximate surface area is 127 Å². The normalized spacial score (nSPS) is 34.4. The number of nitrogens with zero attached hydrogens (tertiary/aromatic N) is 2. The summed E-state index contributed by atoms with van der Waals surface area (Å²) in [6.07, 6.45) is 6.63. The molecule has 0 amide bonds. The van der Waals surface area contributed by atoms with Crippen molar-refractivity contribution in [1.82, 2.24) is 15.8 Å². The van der Waals surface area contributed by atoms with Crippen LogP contribution in [0.5, 0.6) is 0 Å². The molecule has 1 aliphatic heterocycles. The summed E-state index contributed by atoms with van der Waals surface area (Å²) < 4.78 is 1.23.